The summed E-state index contributed by atoms with van der Waals surface area (Å²) in [6.07, 6.45) is 6.69. The maximum absolute atomic E-state index is 12.2. The first-order valence-electron chi connectivity index (χ1n) is 7.85. The van der Waals surface area contributed by atoms with Crippen LogP contribution in [0, 0.1) is 0 Å². The van der Waals surface area contributed by atoms with Crippen molar-refractivity contribution in [1.29, 1.82) is 0 Å². The zero-order valence-electron chi connectivity index (χ0n) is 12.6. The van der Waals surface area contributed by atoms with Crippen LogP contribution >= 0.6 is 0 Å². The van der Waals surface area contributed by atoms with E-state index in [1.54, 1.807) is 6.20 Å². The number of nitrogens with zero attached hydrogens (tertiary/aromatic N) is 2. The fraction of sp³-hybridized carbons (Fsp3) is 0.333. The van der Waals surface area contributed by atoms with E-state index in [0.29, 0.717) is 17.6 Å². The fourth-order valence-electron chi connectivity index (χ4n) is 3.14. The van der Waals surface area contributed by atoms with Crippen molar-refractivity contribution >= 4 is 17.3 Å². The summed E-state index contributed by atoms with van der Waals surface area (Å²) in [4.78, 5) is 18.8. The minimum absolute atomic E-state index is 0.0167. The first-order valence-corrected chi connectivity index (χ1v) is 7.85. The second kappa shape index (κ2) is 5.13. The Morgan fingerprint density at radius 2 is 2.09 bits per heavy atom. The van der Waals surface area contributed by atoms with Gasteiger partial charge in [0.25, 0.3) is 5.91 Å². The number of hydrogen-bond donors (Lipinski definition) is 1. The van der Waals surface area contributed by atoms with Gasteiger partial charge in [0, 0.05) is 24.0 Å². The molecule has 1 aliphatic heterocycles. The molecule has 1 aromatic carbocycles. The predicted octanol–water partition coefficient (Wildman–Crippen LogP) is 3.06. The Balaban J connectivity index is 1.66. The Kier molecular flexibility index (Phi) is 3.10. The van der Waals surface area contributed by atoms with Gasteiger partial charge in [0.2, 0.25) is 0 Å². The van der Waals surface area contributed by atoms with E-state index >= 15 is 0 Å². The minimum atomic E-state index is -0.0167. The molecule has 1 atom stereocenters. The highest BCUT2D eigenvalue weighted by atomic mass is 16.1. The summed E-state index contributed by atoms with van der Waals surface area (Å²) < 4.78 is 0. The van der Waals surface area contributed by atoms with Gasteiger partial charge in [-0.3, -0.25) is 9.78 Å². The van der Waals surface area contributed by atoms with Crippen LogP contribution in [-0.4, -0.2) is 23.0 Å². The van der Waals surface area contributed by atoms with Gasteiger partial charge >= 0.3 is 0 Å². The lowest BCUT2D eigenvalue weighted by Gasteiger charge is -2.25. The molecule has 22 heavy (non-hydrogen) atoms. The number of para-hydroxylation sites is 1. The lowest BCUT2D eigenvalue weighted by Crippen LogP contribution is -2.27. The zero-order chi connectivity index (χ0) is 15.1. The standard InChI is InChI=1S/C18H19N3O/c1-12-8-13-4-2-3-5-17(13)21(12)16-9-14(10-19-11-16)18(22)20-15-6-7-15/h2-5,9-12,15H,6-8H2,1H3,(H,20,22). The first kappa shape index (κ1) is 13.3. The van der Waals surface area contributed by atoms with E-state index < -0.39 is 0 Å². The Labute approximate surface area is 130 Å². The molecule has 0 bridgehead atoms. The summed E-state index contributed by atoms with van der Waals surface area (Å²) in [7, 11) is 0. The molecule has 1 aliphatic carbocycles. The van der Waals surface area contributed by atoms with Crippen molar-refractivity contribution in [3.63, 3.8) is 0 Å². The molecule has 0 radical (unpaired) electrons. The molecular weight excluding hydrogens is 274 g/mol. The van der Waals surface area contributed by atoms with E-state index in [4.69, 9.17) is 0 Å². The maximum atomic E-state index is 12.2. The van der Waals surface area contributed by atoms with Crippen LogP contribution in [-0.2, 0) is 6.42 Å². The molecular formula is C18H19N3O. The number of carbonyl (C=O) groups excluding carboxylic acids is 1. The van der Waals surface area contributed by atoms with Crippen molar-refractivity contribution in [1.82, 2.24) is 10.3 Å². The number of anilines is 2. The average molecular weight is 293 g/mol. The highest BCUT2D eigenvalue weighted by Gasteiger charge is 2.28. The molecule has 4 rings (SSSR count). The van der Waals surface area contributed by atoms with Gasteiger partial charge in [0.15, 0.2) is 0 Å². The van der Waals surface area contributed by atoms with Crippen molar-refractivity contribution in [2.24, 2.45) is 0 Å². The van der Waals surface area contributed by atoms with Crippen LogP contribution < -0.4 is 10.2 Å². The number of fused-ring (bicyclic) bond motifs is 1. The van der Waals surface area contributed by atoms with Gasteiger partial charge in [0.05, 0.1) is 17.4 Å². The van der Waals surface area contributed by atoms with E-state index in [1.165, 1.54) is 11.3 Å². The third kappa shape index (κ3) is 2.34. The number of amides is 1. The molecule has 2 heterocycles. The van der Waals surface area contributed by atoms with Gasteiger partial charge < -0.3 is 10.2 Å². The monoisotopic (exact) mass is 293 g/mol. The zero-order valence-corrected chi connectivity index (χ0v) is 12.6. The number of aromatic nitrogens is 1. The number of carbonyl (C=O) groups is 1. The van der Waals surface area contributed by atoms with Crippen LogP contribution in [0.2, 0.25) is 0 Å². The van der Waals surface area contributed by atoms with Gasteiger partial charge in [0.1, 0.15) is 0 Å². The summed E-state index contributed by atoms with van der Waals surface area (Å²) >= 11 is 0. The molecule has 1 unspecified atom stereocenters. The largest absolute Gasteiger partial charge is 0.349 e. The smallest absolute Gasteiger partial charge is 0.253 e. The van der Waals surface area contributed by atoms with Crippen molar-refractivity contribution in [2.75, 3.05) is 4.90 Å². The molecule has 112 valence electrons. The molecule has 1 saturated carbocycles. The van der Waals surface area contributed by atoms with Gasteiger partial charge in [-0.1, -0.05) is 18.2 Å². The van der Waals surface area contributed by atoms with E-state index in [1.807, 2.05) is 12.3 Å². The summed E-state index contributed by atoms with van der Waals surface area (Å²) in [5.74, 6) is -0.0167. The fourth-order valence-corrected chi connectivity index (χ4v) is 3.14. The number of benzene rings is 1. The molecule has 1 N–H and O–H groups in total. The molecule has 0 spiro atoms. The van der Waals surface area contributed by atoms with Crippen LogP contribution in [0.5, 0.6) is 0 Å². The quantitative estimate of drug-likeness (QED) is 0.946. The normalized spacial score (nSPS) is 19.9. The Morgan fingerprint density at radius 1 is 1.27 bits per heavy atom. The van der Waals surface area contributed by atoms with Crippen LogP contribution in [0.4, 0.5) is 11.4 Å². The maximum Gasteiger partial charge on any atom is 0.253 e. The first-order chi connectivity index (χ1) is 10.7. The van der Waals surface area contributed by atoms with Crippen LogP contribution in [0.1, 0.15) is 35.7 Å². The van der Waals surface area contributed by atoms with Crippen LogP contribution in [0.25, 0.3) is 0 Å². The highest BCUT2D eigenvalue weighted by molar-refractivity contribution is 5.95. The van der Waals surface area contributed by atoms with E-state index in [0.717, 1.165) is 24.9 Å². The third-order valence-corrected chi connectivity index (χ3v) is 4.38. The summed E-state index contributed by atoms with van der Waals surface area (Å²) in [6, 6.07) is 11.1. The Bertz CT molecular complexity index is 724. The van der Waals surface area contributed by atoms with Crippen molar-refractivity contribution in [3.05, 3.63) is 53.9 Å². The van der Waals surface area contributed by atoms with Gasteiger partial charge in [-0.15, -0.1) is 0 Å². The lowest BCUT2D eigenvalue weighted by atomic mass is 10.1. The Hall–Kier alpha value is -2.36. The van der Waals surface area contributed by atoms with Gasteiger partial charge in [-0.05, 0) is 43.9 Å². The predicted molar refractivity (Wildman–Crippen MR) is 86.5 cm³/mol. The number of pyridine rings is 1. The SMILES string of the molecule is CC1Cc2ccccc2N1c1cncc(C(=O)NC2CC2)c1. The molecule has 4 nitrogen and oxygen atoms in total. The van der Waals surface area contributed by atoms with Crippen molar-refractivity contribution in [2.45, 2.75) is 38.3 Å². The van der Waals surface area contributed by atoms with Crippen LogP contribution in [0.3, 0.4) is 0 Å². The molecule has 1 fully saturated rings. The van der Waals surface area contributed by atoms with E-state index in [2.05, 4.69) is 46.4 Å². The van der Waals surface area contributed by atoms with Gasteiger partial charge in [-0.25, -0.2) is 0 Å². The molecule has 0 saturated heterocycles. The molecule has 1 amide bonds. The van der Waals surface area contributed by atoms with E-state index in [9.17, 15) is 4.79 Å². The summed E-state index contributed by atoms with van der Waals surface area (Å²) in [5, 5.41) is 3.02. The van der Waals surface area contributed by atoms with Crippen molar-refractivity contribution in [3.8, 4) is 0 Å². The van der Waals surface area contributed by atoms with Gasteiger partial charge in [-0.2, -0.15) is 0 Å². The Morgan fingerprint density at radius 3 is 2.91 bits per heavy atom. The molecule has 4 heteroatoms. The number of hydrogen-bond acceptors (Lipinski definition) is 3. The second-order valence-corrected chi connectivity index (χ2v) is 6.23. The summed E-state index contributed by atoms with van der Waals surface area (Å²) in [6.45, 7) is 2.21. The highest BCUT2D eigenvalue weighted by Crippen LogP contribution is 2.37. The molecule has 1 aromatic heterocycles. The second-order valence-electron chi connectivity index (χ2n) is 6.23. The summed E-state index contributed by atoms with van der Waals surface area (Å²) in [5.41, 5.74) is 4.20. The third-order valence-electron chi connectivity index (χ3n) is 4.38. The molecule has 2 aliphatic rings. The lowest BCUT2D eigenvalue weighted by molar-refractivity contribution is 0.0950. The molecule has 2 aromatic rings. The average Bonchev–Trinajstić information content (AvgIpc) is 3.27. The number of rotatable bonds is 3. The topological polar surface area (TPSA) is 45.2 Å². The van der Waals surface area contributed by atoms with E-state index in [-0.39, 0.29) is 5.91 Å². The van der Waals surface area contributed by atoms with Crippen LogP contribution in [0.15, 0.2) is 42.7 Å². The minimum Gasteiger partial charge on any atom is -0.349 e. The van der Waals surface area contributed by atoms with Crippen molar-refractivity contribution < 1.29 is 4.79 Å². The number of nitrogens with one attached hydrogen (secondary N) is 1.